The van der Waals surface area contributed by atoms with Gasteiger partial charge in [0.2, 0.25) is 5.91 Å². The quantitative estimate of drug-likeness (QED) is 0.836. The zero-order valence-corrected chi connectivity index (χ0v) is 16.5. The molecule has 0 spiro atoms. The van der Waals surface area contributed by atoms with Crippen LogP contribution in [0.2, 0.25) is 0 Å². The highest BCUT2D eigenvalue weighted by Crippen LogP contribution is 2.28. The van der Waals surface area contributed by atoms with Crippen LogP contribution in [0.5, 0.6) is 0 Å². The predicted molar refractivity (Wildman–Crippen MR) is 109 cm³/mol. The van der Waals surface area contributed by atoms with Gasteiger partial charge in [0.15, 0.2) is 0 Å². The Balaban J connectivity index is 1.78. The maximum Gasteiger partial charge on any atom is 0.307 e. The van der Waals surface area contributed by atoms with Crippen LogP contribution in [-0.2, 0) is 9.59 Å². The van der Waals surface area contributed by atoms with Crippen molar-refractivity contribution in [3.63, 3.8) is 0 Å². The van der Waals surface area contributed by atoms with Crippen LogP contribution >= 0.6 is 0 Å². The maximum absolute atomic E-state index is 13.1. The summed E-state index contributed by atoms with van der Waals surface area (Å²) in [7, 11) is 1.83. The molecular weight excluding hydrogens is 352 g/mol. The minimum Gasteiger partial charge on any atom is -0.481 e. The molecule has 2 unspecified atom stereocenters. The third-order valence-electron chi connectivity index (χ3n) is 5.45. The number of aliphatic carboxylic acids is 1. The molecule has 0 radical (unpaired) electrons. The minimum absolute atomic E-state index is 0.00375. The van der Waals surface area contributed by atoms with Gasteiger partial charge >= 0.3 is 5.97 Å². The van der Waals surface area contributed by atoms with Gasteiger partial charge in [-0.05, 0) is 23.5 Å². The lowest BCUT2D eigenvalue weighted by Gasteiger charge is -2.36. The van der Waals surface area contributed by atoms with Crippen molar-refractivity contribution in [3.8, 4) is 0 Å². The van der Waals surface area contributed by atoms with Crippen molar-refractivity contribution in [3.05, 3.63) is 71.8 Å². The first kappa shape index (κ1) is 20.1. The molecule has 1 aliphatic rings. The summed E-state index contributed by atoms with van der Waals surface area (Å²) in [5.41, 5.74) is 2.11. The van der Waals surface area contributed by atoms with E-state index in [1.807, 2.05) is 79.5 Å². The molecule has 1 fully saturated rings. The van der Waals surface area contributed by atoms with Crippen molar-refractivity contribution in [2.45, 2.75) is 19.4 Å². The number of benzene rings is 2. The van der Waals surface area contributed by atoms with E-state index in [-0.39, 0.29) is 24.4 Å². The molecule has 1 N–H and O–H groups in total. The SMILES string of the molecule is CC1CC(C(=O)O)CN(CC(=O)N(C)C(c2ccccc2)c2ccccc2)C1. The number of piperidine rings is 1. The van der Waals surface area contributed by atoms with Crippen LogP contribution in [0.15, 0.2) is 60.7 Å². The van der Waals surface area contributed by atoms with Gasteiger partial charge in [-0.15, -0.1) is 0 Å². The number of carboxylic acids is 1. The number of likely N-dealkylation sites (tertiary alicyclic amines) is 1. The Morgan fingerprint density at radius 2 is 1.57 bits per heavy atom. The van der Waals surface area contributed by atoms with Crippen molar-refractivity contribution < 1.29 is 14.7 Å². The summed E-state index contributed by atoms with van der Waals surface area (Å²) in [6.45, 7) is 3.47. The Morgan fingerprint density at radius 3 is 2.07 bits per heavy atom. The van der Waals surface area contributed by atoms with Crippen LogP contribution in [0.3, 0.4) is 0 Å². The molecular formula is C23H28N2O3. The van der Waals surface area contributed by atoms with E-state index in [1.54, 1.807) is 4.90 Å². The average Bonchev–Trinajstić information content (AvgIpc) is 2.69. The van der Waals surface area contributed by atoms with Gasteiger partial charge in [0.05, 0.1) is 18.5 Å². The zero-order valence-electron chi connectivity index (χ0n) is 16.5. The Kier molecular flexibility index (Phi) is 6.47. The lowest BCUT2D eigenvalue weighted by Crippen LogP contribution is -2.47. The molecule has 0 saturated carbocycles. The van der Waals surface area contributed by atoms with Crippen molar-refractivity contribution in [1.29, 1.82) is 0 Å². The Bertz CT molecular complexity index is 755. The Hall–Kier alpha value is -2.66. The number of nitrogens with zero attached hydrogens (tertiary/aromatic N) is 2. The molecule has 1 aliphatic heterocycles. The highest BCUT2D eigenvalue weighted by molar-refractivity contribution is 5.79. The summed E-state index contributed by atoms with van der Waals surface area (Å²) < 4.78 is 0. The van der Waals surface area contributed by atoms with Gasteiger partial charge in [-0.25, -0.2) is 0 Å². The van der Waals surface area contributed by atoms with E-state index in [1.165, 1.54) is 0 Å². The van der Waals surface area contributed by atoms with E-state index in [0.29, 0.717) is 13.0 Å². The lowest BCUT2D eigenvalue weighted by atomic mass is 9.90. The smallest absolute Gasteiger partial charge is 0.307 e. The number of rotatable bonds is 6. The van der Waals surface area contributed by atoms with Gasteiger partial charge < -0.3 is 10.0 Å². The fourth-order valence-electron chi connectivity index (χ4n) is 4.13. The molecule has 5 nitrogen and oxygen atoms in total. The molecule has 148 valence electrons. The Labute approximate surface area is 166 Å². The van der Waals surface area contributed by atoms with Gasteiger partial charge in [-0.3, -0.25) is 14.5 Å². The lowest BCUT2D eigenvalue weighted by molar-refractivity contribution is -0.145. The number of carbonyl (C=O) groups is 2. The van der Waals surface area contributed by atoms with Crippen molar-refractivity contribution >= 4 is 11.9 Å². The third kappa shape index (κ3) is 4.78. The van der Waals surface area contributed by atoms with Gasteiger partial charge in [-0.2, -0.15) is 0 Å². The second-order valence-electron chi connectivity index (χ2n) is 7.80. The van der Waals surface area contributed by atoms with E-state index in [4.69, 9.17) is 0 Å². The fourth-order valence-corrected chi connectivity index (χ4v) is 4.13. The number of hydrogen-bond acceptors (Lipinski definition) is 3. The molecule has 28 heavy (non-hydrogen) atoms. The van der Waals surface area contributed by atoms with E-state index in [9.17, 15) is 14.7 Å². The maximum atomic E-state index is 13.1. The normalized spacial score (nSPS) is 20.1. The third-order valence-corrected chi connectivity index (χ3v) is 5.45. The monoisotopic (exact) mass is 380 g/mol. The summed E-state index contributed by atoms with van der Waals surface area (Å²) in [4.78, 5) is 28.3. The highest BCUT2D eigenvalue weighted by Gasteiger charge is 2.32. The fraction of sp³-hybridized carbons (Fsp3) is 0.391. The molecule has 0 aliphatic carbocycles. The van der Waals surface area contributed by atoms with E-state index >= 15 is 0 Å². The van der Waals surface area contributed by atoms with Crippen molar-refractivity contribution in [2.75, 3.05) is 26.7 Å². The minimum atomic E-state index is -0.774. The number of likely N-dealkylation sites (N-methyl/N-ethyl adjacent to an activating group) is 1. The molecule has 0 bridgehead atoms. The first-order valence-corrected chi connectivity index (χ1v) is 9.76. The Morgan fingerprint density at radius 1 is 1.04 bits per heavy atom. The molecule has 5 heteroatoms. The highest BCUT2D eigenvalue weighted by atomic mass is 16.4. The summed E-state index contributed by atoms with van der Waals surface area (Å²) >= 11 is 0. The van der Waals surface area contributed by atoms with E-state index < -0.39 is 11.9 Å². The van der Waals surface area contributed by atoms with Crippen LogP contribution in [0.25, 0.3) is 0 Å². The molecule has 1 amide bonds. The zero-order chi connectivity index (χ0) is 20.1. The van der Waals surface area contributed by atoms with Crippen molar-refractivity contribution in [2.24, 2.45) is 11.8 Å². The molecule has 3 rings (SSSR count). The molecule has 1 saturated heterocycles. The standard InChI is InChI=1S/C23H28N2O3/c1-17-13-20(23(27)28)15-25(14-17)16-21(26)24(2)22(18-9-5-3-6-10-18)19-11-7-4-8-12-19/h3-12,17,20,22H,13-16H2,1-2H3,(H,27,28). The number of carboxylic acid groups (broad SMARTS) is 1. The molecule has 2 aromatic rings. The molecule has 2 aromatic carbocycles. The van der Waals surface area contributed by atoms with Crippen LogP contribution in [-0.4, -0.2) is 53.5 Å². The first-order chi connectivity index (χ1) is 13.5. The van der Waals surface area contributed by atoms with Crippen LogP contribution in [0, 0.1) is 11.8 Å². The van der Waals surface area contributed by atoms with Gasteiger partial charge in [0.1, 0.15) is 0 Å². The van der Waals surface area contributed by atoms with Crippen molar-refractivity contribution in [1.82, 2.24) is 9.80 Å². The van der Waals surface area contributed by atoms with Gasteiger partial charge in [0, 0.05) is 20.1 Å². The predicted octanol–water partition coefficient (Wildman–Crippen LogP) is 3.28. The number of hydrogen-bond donors (Lipinski definition) is 1. The van der Waals surface area contributed by atoms with E-state index in [2.05, 4.69) is 0 Å². The first-order valence-electron chi connectivity index (χ1n) is 9.76. The molecule has 0 aromatic heterocycles. The summed E-state index contributed by atoms with van der Waals surface area (Å²) in [6.07, 6.45) is 0.673. The second kappa shape index (κ2) is 9.02. The summed E-state index contributed by atoms with van der Waals surface area (Å²) in [6, 6.07) is 19.8. The summed E-state index contributed by atoms with van der Waals surface area (Å²) in [5.74, 6) is -0.910. The van der Waals surface area contributed by atoms with Crippen LogP contribution in [0.4, 0.5) is 0 Å². The van der Waals surface area contributed by atoms with Gasteiger partial charge in [0.25, 0.3) is 0 Å². The van der Waals surface area contributed by atoms with E-state index in [0.717, 1.165) is 17.7 Å². The molecule has 2 atom stereocenters. The second-order valence-corrected chi connectivity index (χ2v) is 7.80. The van der Waals surface area contributed by atoms with Gasteiger partial charge in [-0.1, -0.05) is 67.6 Å². The summed E-state index contributed by atoms with van der Waals surface area (Å²) in [5, 5.41) is 9.38. The number of carbonyl (C=O) groups excluding carboxylic acids is 1. The topological polar surface area (TPSA) is 60.9 Å². The van der Waals surface area contributed by atoms with Crippen LogP contribution in [0.1, 0.15) is 30.5 Å². The average molecular weight is 380 g/mol. The number of amides is 1. The van der Waals surface area contributed by atoms with Crippen LogP contribution < -0.4 is 0 Å². The largest absolute Gasteiger partial charge is 0.481 e. The molecule has 1 heterocycles.